The lowest BCUT2D eigenvalue weighted by Gasteiger charge is -2.31. The van der Waals surface area contributed by atoms with Crippen molar-refractivity contribution in [2.24, 2.45) is 12.0 Å². The zero-order chi connectivity index (χ0) is 18.4. The number of aliphatic imine (C=N–C) groups is 1. The molecule has 0 amide bonds. The van der Waals surface area contributed by atoms with E-state index in [4.69, 9.17) is 4.74 Å². The summed E-state index contributed by atoms with van der Waals surface area (Å²) < 4.78 is 7.30. The van der Waals surface area contributed by atoms with Crippen molar-refractivity contribution in [2.75, 3.05) is 20.7 Å². The van der Waals surface area contributed by atoms with Gasteiger partial charge in [0.2, 0.25) is 0 Å². The van der Waals surface area contributed by atoms with Gasteiger partial charge < -0.3 is 15.4 Å². The van der Waals surface area contributed by atoms with Crippen molar-refractivity contribution in [2.45, 2.75) is 37.6 Å². The molecular formula is C20H30IN5O. The molecular weight excluding hydrogens is 453 g/mol. The van der Waals surface area contributed by atoms with Crippen molar-refractivity contribution < 1.29 is 4.74 Å². The highest BCUT2D eigenvalue weighted by molar-refractivity contribution is 14.0. The quantitative estimate of drug-likeness (QED) is 0.377. The summed E-state index contributed by atoms with van der Waals surface area (Å²) in [6, 6.07) is 10.5. The van der Waals surface area contributed by atoms with Crippen molar-refractivity contribution in [1.29, 1.82) is 0 Å². The van der Waals surface area contributed by atoms with Gasteiger partial charge in [-0.25, -0.2) is 0 Å². The summed E-state index contributed by atoms with van der Waals surface area (Å²) >= 11 is 0. The molecule has 3 rings (SSSR count). The minimum Gasteiger partial charge on any atom is -0.497 e. The van der Waals surface area contributed by atoms with Crippen LogP contribution in [0.25, 0.3) is 0 Å². The number of guanidine groups is 1. The van der Waals surface area contributed by atoms with Crippen LogP contribution in [0, 0.1) is 0 Å². The summed E-state index contributed by atoms with van der Waals surface area (Å²) in [7, 11) is 5.48. The van der Waals surface area contributed by atoms with Gasteiger partial charge in [-0.3, -0.25) is 9.67 Å². The minimum atomic E-state index is 0. The Labute approximate surface area is 178 Å². The normalized spacial score (nSPS) is 15.9. The van der Waals surface area contributed by atoms with E-state index >= 15 is 0 Å². The highest BCUT2D eigenvalue weighted by Gasteiger charge is 2.36. The molecule has 1 aliphatic carbocycles. The molecule has 0 unspecified atom stereocenters. The lowest BCUT2D eigenvalue weighted by atomic mass is 9.78. The number of benzene rings is 1. The van der Waals surface area contributed by atoms with Crippen LogP contribution in [0.3, 0.4) is 0 Å². The Kier molecular flexibility index (Phi) is 7.94. The summed E-state index contributed by atoms with van der Waals surface area (Å²) in [5.74, 6) is 1.74. The molecule has 0 aliphatic heterocycles. The van der Waals surface area contributed by atoms with Gasteiger partial charge in [0.1, 0.15) is 5.75 Å². The SMILES string of the molecule is CN=C(NCc1ccnn1C)NCC1(c2cccc(OC)c2)CCCC1.I. The van der Waals surface area contributed by atoms with Crippen LogP contribution in [0.5, 0.6) is 5.75 Å². The van der Waals surface area contributed by atoms with E-state index in [-0.39, 0.29) is 29.4 Å². The van der Waals surface area contributed by atoms with Crippen LogP contribution in [0.15, 0.2) is 41.5 Å². The summed E-state index contributed by atoms with van der Waals surface area (Å²) in [6.45, 7) is 1.56. The van der Waals surface area contributed by atoms with E-state index in [1.165, 1.54) is 31.2 Å². The van der Waals surface area contributed by atoms with Crippen LogP contribution in [0.4, 0.5) is 0 Å². The fourth-order valence-electron chi connectivity index (χ4n) is 3.79. The molecule has 6 nitrogen and oxygen atoms in total. The molecule has 1 aliphatic rings. The van der Waals surface area contributed by atoms with Gasteiger partial charge in [0.05, 0.1) is 19.3 Å². The molecule has 0 atom stereocenters. The minimum absolute atomic E-state index is 0. The van der Waals surface area contributed by atoms with E-state index in [2.05, 4.69) is 38.9 Å². The number of aromatic nitrogens is 2. The Morgan fingerprint density at radius 2 is 2.04 bits per heavy atom. The van der Waals surface area contributed by atoms with Crippen LogP contribution < -0.4 is 15.4 Å². The predicted molar refractivity (Wildman–Crippen MR) is 120 cm³/mol. The average Bonchev–Trinajstić information content (AvgIpc) is 3.32. The Hall–Kier alpha value is -1.77. The highest BCUT2D eigenvalue weighted by atomic mass is 127. The number of aryl methyl sites for hydroxylation is 1. The molecule has 0 radical (unpaired) electrons. The van der Waals surface area contributed by atoms with Gasteiger partial charge in [0.15, 0.2) is 5.96 Å². The van der Waals surface area contributed by atoms with Crippen LogP contribution in [0.2, 0.25) is 0 Å². The summed E-state index contributed by atoms with van der Waals surface area (Å²) in [4.78, 5) is 4.38. The summed E-state index contributed by atoms with van der Waals surface area (Å²) in [5.41, 5.74) is 2.61. The number of methoxy groups -OCH3 is 1. The zero-order valence-electron chi connectivity index (χ0n) is 16.4. The lowest BCUT2D eigenvalue weighted by Crippen LogP contribution is -2.44. The molecule has 7 heteroatoms. The van der Waals surface area contributed by atoms with E-state index in [1.54, 1.807) is 7.11 Å². The topological polar surface area (TPSA) is 63.5 Å². The molecule has 1 heterocycles. The Morgan fingerprint density at radius 3 is 2.67 bits per heavy atom. The van der Waals surface area contributed by atoms with Crippen molar-refractivity contribution in [3.05, 3.63) is 47.8 Å². The first-order chi connectivity index (χ1) is 12.7. The zero-order valence-corrected chi connectivity index (χ0v) is 18.7. The first-order valence-electron chi connectivity index (χ1n) is 9.23. The van der Waals surface area contributed by atoms with Gasteiger partial charge in [-0.05, 0) is 36.6 Å². The number of nitrogens with zero attached hydrogens (tertiary/aromatic N) is 3. The summed E-state index contributed by atoms with van der Waals surface area (Å²) in [5, 5.41) is 11.1. The Bertz CT molecular complexity index is 752. The second-order valence-corrected chi connectivity index (χ2v) is 6.94. The number of halogens is 1. The van der Waals surface area contributed by atoms with Gasteiger partial charge in [-0.1, -0.05) is 25.0 Å². The molecule has 1 aromatic carbocycles. The molecule has 1 fully saturated rings. The molecule has 0 bridgehead atoms. The molecule has 1 saturated carbocycles. The first-order valence-corrected chi connectivity index (χ1v) is 9.23. The van der Waals surface area contributed by atoms with E-state index < -0.39 is 0 Å². The third-order valence-electron chi connectivity index (χ3n) is 5.42. The van der Waals surface area contributed by atoms with Gasteiger partial charge in [-0.15, -0.1) is 24.0 Å². The molecule has 0 saturated heterocycles. The number of nitrogens with one attached hydrogen (secondary N) is 2. The van der Waals surface area contributed by atoms with Crippen molar-refractivity contribution in [1.82, 2.24) is 20.4 Å². The number of ether oxygens (including phenoxy) is 1. The third kappa shape index (κ3) is 5.15. The smallest absolute Gasteiger partial charge is 0.191 e. The van der Waals surface area contributed by atoms with Gasteiger partial charge in [-0.2, -0.15) is 5.10 Å². The van der Waals surface area contributed by atoms with Crippen molar-refractivity contribution in [3.63, 3.8) is 0 Å². The number of hydrogen-bond acceptors (Lipinski definition) is 3. The van der Waals surface area contributed by atoms with Gasteiger partial charge in [0, 0.05) is 32.3 Å². The van der Waals surface area contributed by atoms with Crippen molar-refractivity contribution in [3.8, 4) is 5.75 Å². The average molecular weight is 483 g/mol. The van der Waals surface area contributed by atoms with E-state index in [1.807, 2.05) is 37.1 Å². The second-order valence-electron chi connectivity index (χ2n) is 6.94. The van der Waals surface area contributed by atoms with E-state index in [9.17, 15) is 0 Å². The standard InChI is InChI=1S/C20H29N5O.HI/c1-21-19(22-14-17-9-12-24-25(17)2)23-15-20(10-4-5-11-20)16-7-6-8-18(13-16)26-3;/h6-9,12-13H,4-5,10-11,14-15H2,1-3H3,(H2,21,22,23);1H. The van der Waals surface area contributed by atoms with Crippen molar-refractivity contribution >= 4 is 29.9 Å². The second kappa shape index (κ2) is 9.96. The number of hydrogen-bond donors (Lipinski definition) is 2. The van der Waals surface area contributed by atoms with Gasteiger partial charge >= 0.3 is 0 Å². The molecule has 0 spiro atoms. The monoisotopic (exact) mass is 483 g/mol. The van der Waals surface area contributed by atoms with Crippen LogP contribution >= 0.6 is 24.0 Å². The van der Waals surface area contributed by atoms with Crippen LogP contribution in [-0.4, -0.2) is 36.4 Å². The fourth-order valence-corrected chi connectivity index (χ4v) is 3.79. The van der Waals surface area contributed by atoms with E-state index in [0.717, 1.165) is 23.9 Å². The third-order valence-corrected chi connectivity index (χ3v) is 5.42. The Morgan fingerprint density at radius 1 is 1.26 bits per heavy atom. The maximum Gasteiger partial charge on any atom is 0.191 e. The van der Waals surface area contributed by atoms with Gasteiger partial charge in [0.25, 0.3) is 0 Å². The Balaban J connectivity index is 0.00000261. The maximum atomic E-state index is 5.43. The molecule has 148 valence electrons. The number of rotatable bonds is 6. The molecule has 2 aromatic rings. The summed E-state index contributed by atoms with van der Waals surface area (Å²) in [6.07, 6.45) is 6.71. The van der Waals surface area contributed by atoms with E-state index in [0.29, 0.717) is 6.54 Å². The van der Waals surface area contributed by atoms with Crippen LogP contribution in [-0.2, 0) is 19.0 Å². The highest BCUT2D eigenvalue weighted by Crippen LogP contribution is 2.41. The van der Waals surface area contributed by atoms with Crippen LogP contribution in [0.1, 0.15) is 36.9 Å². The maximum absolute atomic E-state index is 5.43. The predicted octanol–water partition coefficient (Wildman–Crippen LogP) is 3.22. The molecule has 1 aromatic heterocycles. The first kappa shape index (κ1) is 21.5. The molecule has 27 heavy (non-hydrogen) atoms. The molecule has 2 N–H and O–H groups in total. The lowest BCUT2D eigenvalue weighted by molar-refractivity contribution is 0.404. The largest absolute Gasteiger partial charge is 0.497 e. The fraction of sp³-hybridized carbons (Fsp3) is 0.500.